The molecule has 0 spiro atoms. The number of aromatic amines is 1. The maximum absolute atomic E-state index is 12.5. The van der Waals surface area contributed by atoms with E-state index in [0.717, 1.165) is 38.1 Å². The Hall–Kier alpha value is -1.39. The highest BCUT2D eigenvalue weighted by Crippen LogP contribution is 2.37. The number of rotatable bonds is 3. The number of hydrogen-bond acceptors (Lipinski definition) is 3. The average molecular weight is 262 g/mol. The Kier molecular flexibility index (Phi) is 3.53. The fraction of sp³-hybridized carbons (Fsp3) is 0.786. The van der Waals surface area contributed by atoms with Gasteiger partial charge in [-0.2, -0.15) is 0 Å². The van der Waals surface area contributed by atoms with Crippen LogP contribution in [0.15, 0.2) is 0 Å². The lowest BCUT2D eigenvalue weighted by molar-refractivity contribution is 0.0536. The first-order chi connectivity index (χ1) is 9.29. The standard InChI is InChI=1S/C14H22N4O/c1-2-5-12-15-13(17-16-12)14(19)18-9-4-7-10-6-3-8-11(10)18/h10-11H,2-9H2,1H3,(H,15,16,17). The summed E-state index contributed by atoms with van der Waals surface area (Å²) in [5.74, 6) is 1.92. The molecule has 0 aromatic carbocycles. The quantitative estimate of drug-likeness (QED) is 0.908. The van der Waals surface area contributed by atoms with Crippen LogP contribution >= 0.6 is 0 Å². The molecule has 1 aliphatic carbocycles. The monoisotopic (exact) mass is 262 g/mol. The first-order valence-corrected chi connectivity index (χ1v) is 7.52. The van der Waals surface area contributed by atoms with Crippen molar-refractivity contribution in [1.82, 2.24) is 20.1 Å². The van der Waals surface area contributed by atoms with Crippen molar-refractivity contribution in [2.24, 2.45) is 5.92 Å². The summed E-state index contributed by atoms with van der Waals surface area (Å²) in [6.07, 6.45) is 7.96. The summed E-state index contributed by atoms with van der Waals surface area (Å²) in [7, 11) is 0. The molecule has 19 heavy (non-hydrogen) atoms. The van der Waals surface area contributed by atoms with Crippen LogP contribution in [0.2, 0.25) is 0 Å². The summed E-state index contributed by atoms with van der Waals surface area (Å²) in [5, 5.41) is 6.97. The topological polar surface area (TPSA) is 61.9 Å². The zero-order chi connectivity index (χ0) is 13.2. The van der Waals surface area contributed by atoms with Gasteiger partial charge in [0.2, 0.25) is 5.82 Å². The van der Waals surface area contributed by atoms with Crippen molar-refractivity contribution in [3.63, 3.8) is 0 Å². The Balaban J connectivity index is 1.74. The fourth-order valence-electron chi connectivity index (χ4n) is 3.57. The molecule has 0 radical (unpaired) electrons. The molecule has 1 aromatic rings. The highest BCUT2D eigenvalue weighted by molar-refractivity contribution is 5.90. The number of aromatic nitrogens is 3. The molecule has 1 N–H and O–H groups in total. The van der Waals surface area contributed by atoms with Crippen LogP contribution in [0, 0.1) is 5.92 Å². The molecule has 104 valence electrons. The lowest BCUT2D eigenvalue weighted by Crippen LogP contribution is -2.46. The molecular weight excluding hydrogens is 240 g/mol. The number of hydrogen-bond donors (Lipinski definition) is 1. The number of carbonyl (C=O) groups is 1. The number of carbonyl (C=O) groups excluding carboxylic acids is 1. The van der Waals surface area contributed by atoms with Gasteiger partial charge in [-0.1, -0.05) is 13.3 Å². The Morgan fingerprint density at radius 1 is 1.37 bits per heavy atom. The smallest absolute Gasteiger partial charge is 0.293 e. The average Bonchev–Trinajstić information content (AvgIpc) is 3.06. The first kappa shape index (κ1) is 12.6. The minimum atomic E-state index is 0.0233. The second-order valence-electron chi connectivity index (χ2n) is 5.75. The van der Waals surface area contributed by atoms with Gasteiger partial charge in [0, 0.05) is 19.0 Å². The van der Waals surface area contributed by atoms with Crippen molar-refractivity contribution in [3.05, 3.63) is 11.6 Å². The van der Waals surface area contributed by atoms with Crippen molar-refractivity contribution in [2.45, 2.75) is 57.9 Å². The molecule has 2 heterocycles. The number of piperidine rings is 1. The van der Waals surface area contributed by atoms with Crippen LogP contribution in [0.25, 0.3) is 0 Å². The molecule has 2 atom stereocenters. The van der Waals surface area contributed by atoms with Crippen LogP contribution in [0.3, 0.4) is 0 Å². The second kappa shape index (κ2) is 5.31. The third kappa shape index (κ3) is 2.38. The van der Waals surface area contributed by atoms with Crippen LogP contribution in [0.4, 0.5) is 0 Å². The summed E-state index contributed by atoms with van der Waals surface area (Å²) in [5.41, 5.74) is 0. The van der Waals surface area contributed by atoms with E-state index in [9.17, 15) is 4.79 Å². The molecule has 1 amide bonds. The largest absolute Gasteiger partial charge is 0.333 e. The van der Waals surface area contributed by atoms with Crippen molar-refractivity contribution >= 4 is 5.91 Å². The molecule has 1 aliphatic heterocycles. The van der Waals surface area contributed by atoms with Crippen molar-refractivity contribution in [1.29, 1.82) is 0 Å². The van der Waals surface area contributed by atoms with Crippen molar-refractivity contribution in [3.8, 4) is 0 Å². The highest BCUT2D eigenvalue weighted by Gasteiger charge is 2.38. The molecule has 2 fully saturated rings. The Bertz CT molecular complexity index is 456. The SMILES string of the molecule is CCCc1nc(C(=O)N2CCCC3CCCC32)n[nH]1. The van der Waals surface area contributed by atoms with E-state index >= 15 is 0 Å². The maximum atomic E-state index is 12.5. The lowest BCUT2D eigenvalue weighted by atomic mass is 9.92. The predicted octanol–water partition coefficient (Wildman–Crippen LogP) is 2.16. The van der Waals surface area contributed by atoms with Gasteiger partial charge in [0.05, 0.1) is 0 Å². The van der Waals surface area contributed by atoms with E-state index < -0.39 is 0 Å². The molecule has 2 unspecified atom stereocenters. The minimum absolute atomic E-state index is 0.0233. The molecule has 2 aliphatic rings. The van der Waals surface area contributed by atoms with Gasteiger partial charge in [-0.15, -0.1) is 5.10 Å². The third-order valence-corrected chi connectivity index (χ3v) is 4.46. The summed E-state index contributed by atoms with van der Waals surface area (Å²) in [6.45, 7) is 2.97. The molecule has 3 rings (SSSR count). The number of H-pyrrole nitrogens is 1. The van der Waals surface area contributed by atoms with Gasteiger partial charge >= 0.3 is 0 Å². The summed E-state index contributed by atoms with van der Waals surface area (Å²) in [6, 6.07) is 0.439. The Morgan fingerprint density at radius 2 is 2.21 bits per heavy atom. The molecule has 1 saturated carbocycles. The molecule has 5 heteroatoms. The summed E-state index contributed by atoms with van der Waals surface area (Å²) < 4.78 is 0. The number of amides is 1. The van der Waals surface area contributed by atoms with E-state index in [1.807, 2.05) is 4.90 Å². The van der Waals surface area contributed by atoms with Gasteiger partial charge < -0.3 is 4.90 Å². The number of likely N-dealkylation sites (tertiary alicyclic amines) is 1. The van der Waals surface area contributed by atoms with Crippen LogP contribution < -0.4 is 0 Å². The van der Waals surface area contributed by atoms with Crippen LogP contribution in [-0.2, 0) is 6.42 Å². The zero-order valence-corrected chi connectivity index (χ0v) is 11.6. The van der Waals surface area contributed by atoms with Gasteiger partial charge in [-0.25, -0.2) is 4.98 Å². The fourth-order valence-corrected chi connectivity index (χ4v) is 3.57. The highest BCUT2D eigenvalue weighted by atomic mass is 16.2. The molecule has 5 nitrogen and oxygen atoms in total. The van der Waals surface area contributed by atoms with E-state index in [1.165, 1.54) is 19.3 Å². The lowest BCUT2D eigenvalue weighted by Gasteiger charge is -2.37. The van der Waals surface area contributed by atoms with E-state index in [0.29, 0.717) is 17.8 Å². The predicted molar refractivity (Wildman–Crippen MR) is 71.8 cm³/mol. The first-order valence-electron chi connectivity index (χ1n) is 7.52. The van der Waals surface area contributed by atoms with Crippen LogP contribution in [0.5, 0.6) is 0 Å². The van der Waals surface area contributed by atoms with Crippen molar-refractivity contribution < 1.29 is 4.79 Å². The van der Waals surface area contributed by atoms with Crippen molar-refractivity contribution in [2.75, 3.05) is 6.54 Å². The van der Waals surface area contributed by atoms with Gasteiger partial charge in [-0.05, 0) is 38.0 Å². The summed E-state index contributed by atoms with van der Waals surface area (Å²) >= 11 is 0. The second-order valence-corrected chi connectivity index (χ2v) is 5.75. The molecule has 1 aromatic heterocycles. The van der Waals surface area contributed by atoms with E-state index in [4.69, 9.17) is 0 Å². The van der Waals surface area contributed by atoms with Gasteiger partial charge in [0.15, 0.2) is 0 Å². The van der Waals surface area contributed by atoms with E-state index in [1.54, 1.807) is 0 Å². The maximum Gasteiger partial charge on any atom is 0.293 e. The number of fused-ring (bicyclic) bond motifs is 1. The molecule has 1 saturated heterocycles. The van der Waals surface area contributed by atoms with Gasteiger partial charge in [-0.3, -0.25) is 9.89 Å². The van der Waals surface area contributed by atoms with Gasteiger partial charge in [0.1, 0.15) is 5.82 Å². The van der Waals surface area contributed by atoms with Crippen LogP contribution in [0.1, 0.15) is 61.9 Å². The third-order valence-electron chi connectivity index (χ3n) is 4.46. The van der Waals surface area contributed by atoms with E-state index in [2.05, 4.69) is 22.1 Å². The van der Waals surface area contributed by atoms with E-state index in [-0.39, 0.29) is 5.91 Å². The Labute approximate surface area is 113 Å². The van der Waals surface area contributed by atoms with Gasteiger partial charge in [0.25, 0.3) is 5.91 Å². The normalized spacial score (nSPS) is 26.5. The number of nitrogens with zero attached hydrogens (tertiary/aromatic N) is 3. The summed E-state index contributed by atoms with van der Waals surface area (Å²) in [4.78, 5) is 18.9. The number of nitrogens with one attached hydrogen (secondary N) is 1. The Morgan fingerprint density at radius 3 is 3.05 bits per heavy atom. The minimum Gasteiger partial charge on any atom is -0.333 e. The molecule has 0 bridgehead atoms. The number of aryl methyl sites for hydroxylation is 1. The van der Waals surface area contributed by atoms with Crippen LogP contribution in [-0.4, -0.2) is 38.6 Å². The molecular formula is C14H22N4O. The zero-order valence-electron chi connectivity index (χ0n) is 11.6.